The van der Waals surface area contributed by atoms with Gasteiger partial charge in [0.15, 0.2) is 0 Å². The van der Waals surface area contributed by atoms with E-state index >= 15 is 0 Å². The first-order valence-electron chi connectivity index (χ1n) is 4.86. The fraction of sp³-hybridized carbons (Fsp3) is 0.455. The van der Waals surface area contributed by atoms with E-state index in [1.54, 1.807) is 7.11 Å². The van der Waals surface area contributed by atoms with Crippen molar-refractivity contribution >= 4 is 5.69 Å². The average molecular weight is 194 g/mol. The van der Waals surface area contributed by atoms with E-state index in [9.17, 15) is 0 Å². The molecule has 78 valence electrons. The lowest BCUT2D eigenvalue weighted by molar-refractivity contribution is 0.416. The van der Waals surface area contributed by atoms with Crippen LogP contribution in [0.1, 0.15) is 13.3 Å². The predicted octanol–water partition coefficient (Wildman–Crippen LogP) is 1.84. The van der Waals surface area contributed by atoms with Crippen molar-refractivity contribution in [3.05, 3.63) is 24.3 Å². The van der Waals surface area contributed by atoms with E-state index in [-0.39, 0.29) is 6.04 Å². The second-order valence-electron chi connectivity index (χ2n) is 3.39. The number of ether oxygens (including phenoxy) is 1. The molecule has 1 unspecified atom stereocenters. The van der Waals surface area contributed by atoms with Crippen LogP contribution in [0.2, 0.25) is 0 Å². The molecule has 1 aromatic carbocycles. The monoisotopic (exact) mass is 194 g/mol. The summed E-state index contributed by atoms with van der Waals surface area (Å²) in [5.41, 5.74) is 6.68. The number of anilines is 1. The normalized spacial score (nSPS) is 12.2. The maximum atomic E-state index is 5.66. The van der Waals surface area contributed by atoms with Crippen LogP contribution < -0.4 is 15.8 Å². The summed E-state index contributed by atoms with van der Waals surface area (Å²) >= 11 is 0. The highest BCUT2D eigenvalue weighted by Gasteiger charge is 2.00. The van der Waals surface area contributed by atoms with E-state index in [0.717, 1.165) is 24.4 Å². The number of hydrogen-bond acceptors (Lipinski definition) is 3. The summed E-state index contributed by atoms with van der Waals surface area (Å²) in [6, 6.07) is 8.11. The summed E-state index contributed by atoms with van der Waals surface area (Å²) < 4.78 is 5.21. The van der Waals surface area contributed by atoms with Crippen molar-refractivity contribution < 1.29 is 4.74 Å². The fourth-order valence-electron chi connectivity index (χ4n) is 1.23. The van der Waals surface area contributed by atoms with Crippen molar-refractivity contribution in [3.8, 4) is 5.75 Å². The summed E-state index contributed by atoms with van der Waals surface area (Å²) in [6.07, 6.45) is 0.956. The van der Waals surface area contributed by atoms with Crippen molar-refractivity contribution in [1.82, 2.24) is 0 Å². The zero-order chi connectivity index (χ0) is 10.4. The minimum absolute atomic E-state index is 0.234. The molecule has 14 heavy (non-hydrogen) atoms. The molecule has 0 spiro atoms. The lowest BCUT2D eigenvalue weighted by Crippen LogP contribution is -2.19. The average Bonchev–Trinajstić information content (AvgIpc) is 2.18. The molecule has 3 heteroatoms. The molecule has 0 bridgehead atoms. The van der Waals surface area contributed by atoms with Gasteiger partial charge < -0.3 is 15.8 Å². The predicted molar refractivity (Wildman–Crippen MR) is 59.8 cm³/mol. The minimum Gasteiger partial charge on any atom is -0.495 e. The maximum Gasteiger partial charge on any atom is 0.141 e. The number of rotatable bonds is 5. The first kappa shape index (κ1) is 10.9. The molecule has 0 saturated carbocycles. The summed E-state index contributed by atoms with van der Waals surface area (Å²) in [5.74, 6) is 0.872. The molecule has 0 aliphatic rings. The number of hydrogen-bond donors (Lipinski definition) is 2. The summed E-state index contributed by atoms with van der Waals surface area (Å²) in [4.78, 5) is 0. The Labute approximate surface area is 85.3 Å². The molecule has 3 nitrogen and oxygen atoms in total. The van der Waals surface area contributed by atoms with Crippen molar-refractivity contribution in [1.29, 1.82) is 0 Å². The molecular weight excluding hydrogens is 176 g/mol. The van der Waals surface area contributed by atoms with Gasteiger partial charge >= 0.3 is 0 Å². The highest BCUT2D eigenvalue weighted by Crippen LogP contribution is 2.22. The minimum atomic E-state index is 0.234. The fourth-order valence-corrected chi connectivity index (χ4v) is 1.23. The van der Waals surface area contributed by atoms with Gasteiger partial charge in [-0.05, 0) is 25.5 Å². The Morgan fingerprint density at radius 1 is 1.43 bits per heavy atom. The second-order valence-corrected chi connectivity index (χ2v) is 3.39. The third kappa shape index (κ3) is 3.26. The maximum absolute atomic E-state index is 5.66. The lowest BCUT2D eigenvalue weighted by atomic mass is 10.2. The Balaban J connectivity index is 2.49. The number of para-hydroxylation sites is 2. The lowest BCUT2D eigenvalue weighted by Gasteiger charge is -2.11. The van der Waals surface area contributed by atoms with Crippen molar-refractivity contribution in [2.75, 3.05) is 19.0 Å². The third-order valence-corrected chi connectivity index (χ3v) is 2.02. The van der Waals surface area contributed by atoms with Gasteiger partial charge in [0.1, 0.15) is 5.75 Å². The van der Waals surface area contributed by atoms with Crippen LogP contribution in [0.25, 0.3) is 0 Å². The van der Waals surface area contributed by atoms with Crippen molar-refractivity contribution in [2.24, 2.45) is 5.73 Å². The largest absolute Gasteiger partial charge is 0.495 e. The first-order chi connectivity index (χ1) is 6.74. The first-order valence-corrected chi connectivity index (χ1v) is 4.86. The molecule has 0 saturated heterocycles. The van der Waals surface area contributed by atoms with Gasteiger partial charge in [-0.15, -0.1) is 0 Å². The third-order valence-electron chi connectivity index (χ3n) is 2.02. The van der Waals surface area contributed by atoms with Crippen molar-refractivity contribution in [3.63, 3.8) is 0 Å². The molecule has 1 rings (SSSR count). The van der Waals surface area contributed by atoms with Gasteiger partial charge in [-0.1, -0.05) is 12.1 Å². The van der Waals surface area contributed by atoms with Crippen LogP contribution in [0.4, 0.5) is 5.69 Å². The summed E-state index contributed by atoms with van der Waals surface area (Å²) in [6.45, 7) is 2.88. The van der Waals surface area contributed by atoms with E-state index in [2.05, 4.69) is 5.32 Å². The Bertz CT molecular complexity index is 274. The molecule has 0 heterocycles. The molecule has 0 aliphatic heterocycles. The van der Waals surface area contributed by atoms with E-state index in [1.807, 2.05) is 31.2 Å². The highest BCUT2D eigenvalue weighted by atomic mass is 16.5. The molecule has 1 atom stereocenters. The van der Waals surface area contributed by atoms with Gasteiger partial charge in [0, 0.05) is 12.6 Å². The summed E-state index contributed by atoms with van der Waals surface area (Å²) in [5, 5.41) is 3.29. The van der Waals surface area contributed by atoms with Crippen LogP contribution in [0.15, 0.2) is 24.3 Å². The smallest absolute Gasteiger partial charge is 0.141 e. The van der Waals surface area contributed by atoms with E-state index in [0.29, 0.717) is 0 Å². The molecule has 0 amide bonds. The van der Waals surface area contributed by atoms with Gasteiger partial charge in [0.2, 0.25) is 0 Å². The van der Waals surface area contributed by atoms with E-state index < -0.39 is 0 Å². The Morgan fingerprint density at radius 3 is 2.79 bits per heavy atom. The topological polar surface area (TPSA) is 47.3 Å². The van der Waals surface area contributed by atoms with E-state index in [4.69, 9.17) is 10.5 Å². The SMILES string of the molecule is COc1ccccc1NCCC(C)N. The van der Waals surface area contributed by atoms with Crippen LogP contribution in [0.5, 0.6) is 5.75 Å². The molecule has 0 radical (unpaired) electrons. The van der Waals surface area contributed by atoms with E-state index in [1.165, 1.54) is 0 Å². The Morgan fingerprint density at radius 2 is 2.14 bits per heavy atom. The molecule has 0 fully saturated rings. The molecule has 1 aromatic rings. The second kappa shape index (κ2) is 5.50. The van der Waals surface area contributed by atoms with Gasteiger partial charge in [-0.2, -0.15) is 0 Å². The zero-order valence-corrected chi connectivity index (χ0v) is 8.79. The van der Waals surface area contributed by atoms with Crippen LogP contribution in [-0.2, 0) is 0 Å². The number of methoxy groups -OCH3 is 1. The van der Waals surface area contributed by atoms with Gasteiger partial charge in [-0.3, -0.25) is 0 Å². The molecule has 0 aliphatic carbocycles. The van der Waals surface area contributed by atoms with Crippen molar-refractivity contribution in [2.45, 2.75) is 19.4 Å². The van der Waals surface area contributed by atoms with Gasteiger partial charge in [0.05, 0.1) is 12.8 Å². The zero-order valence-electron chi connectivity index (χ0n) is 8.79. The van der Waals surface area contributed by atoms with Crippen LogP contribution in [-0.4, -0.2) is 19.7 Å². The van der Waals surface area contributed by atoms with Gasteiger partial charge in [0.25, 0.3) is 0 Å². The van der Waals surface area contributed by atoms with Gasteiger partial charge in [-0.25, -0.2) is 0 Å². The Kier molecular flexibility index (Phi) is 4.26. The number of nitrogens with two attached hydrogens (primary N) is 1. The standard InChI is InChI=1S/C11H18N2O/c1-9(12)7-8-13-10-5-3-4-6-11(10)14-2/h3-6,9,13H,7-8,12H2,1-2H3. The molecule has 0 aromatic heterocycles. The quantitative estimate of drug-likeness (QED) is 0.752. The number of benzene rings is 1. The van der Waals surface area contributed by atoms with Crippen LogP contribution in [0.3, 0.4) is 0 Å². The number of nitrogens with one attached hydrogen (secondary N) is 1. The van der Waals surface area contributed by atoms with Crippen LogP contribution >= 0.6 is 0 Å². The highest BCUT2D eigenvalue weighted by molar-refractivity contribution is 5.55. The van der Waals surface area contributed by atoms with Crippen LogP contribution in [0, 0.1) is 0 Å². The Hall–Kier alpha value is -1.22. The molecule has 3 N–H and O–H groups in total. The molecular formula is C11H18N2O. The summed E-state index contributed by atoms with van der Waals surface area (Å²) in [7, 11) is 1.67.